The molecule has 1 aromatic heterocycles. The van der Waals surface area contributed by atoms with Crippen molar-refractivity contribution in [3.63, 3.8) is 0 Å². The fraction of sp³-hybridized carbons (Fsp3) is 0.308. The summed E-state index contributed by atoms with van der Waals surface area (Å²) in [7, 11) is -0.857. The molecule has 0 aliphatic heterocycles. The lowest BCUT2D eigenvalue weighted by atomic mass is 10.1. The molecule has 0 saturated carbocycles. The predicted octanol–water partition coefficient (Wildman–Crippen LogP) is 1.60. The summed E-state index contributed by atoms with van der Waals surface area (Å²) in [5.41, 5.74) is 1.20. The number of furan rings is 1. The highest BCUT2D eigenvalue weighted by molar-refractivity contribution is 7.84. The van der Waals surface area contributed by atoms with Crippen molar-refractivity contribution < 1.29 is 18.5 Å². The van der Waals surface area contributed by atoms with E-state index in [-0.39, 0.29) is 5.76 Å². The van der Waals surface area contributed by atoms with Gasteiger partial charge < -0.3 is 14.8 Å². The molecular weight excluding hydrogens is 266 g/mol. The number of carboxylic acids is 1. The van der Waals surface area contributed by atoms with Gasteiger partial charge in [-0.15, -0.1) is 0 Å². The molecule has 0 bridgehead atoms. The lowest BCUT2D eigenvalue weighted by Crippen LogP contribution is -2.20. The van der Waals surface area contributed by atoms with Crippen molar-refractivity contribution >= 4 is 27.7 Å². The summed E-state index contributed by atoms with van der Waals surface area (Å²) in [6.45, 7) is 0.956. The van der Waals surface area contributed by atoms with Gasteiger partial charge in [0, 0.05) is 46.8 Å². The maximum atomic E-state index is 11.2. The molecule has 2 rings (SSSR count). The number of aromatic carboxylic acids is 1. The average molecular weight is 281 g/mol. The number of carboxylic acid groups (broad SMARTS) is 1. The SMILES string of the molecule is CS(=O)CCNCc1c(C(=O)O)oc2ccccc12. The Bertz CT molecular complexity index is 620. The molecule has 1 aromatic carbocycles. The Hall–Kier alpha value is -1.66. The molecule has 0 radical (unpaired) electrons. The first-order valence-corrected chi connectivity index (χ1v) is 7.56. The molecule has 102 valence electrons. The molecule has 0 aliphatic carbocycles. The number of nitrogens with one attached hydrogen (secondary N) is 1. The minimum Gasteiger partial charge on any atom is -0.475 e. The molecule has 5 nitrogen and oxygen atoms in total. The summed E-state index contributed by atoms with van der Waals surface area (Å²) in [5.74, 6) is -0.573. The first kappa shape index (κ1) is 13.8. The van der Waals surface area contributed by atoms with Gasteiger partial charge in [-0.1, -0.05) is 18.2 Å². The molecule has 0 spiro atoms. The highest BCUT2D eigenvalue weighted by atomic mass is 32.2. The van der Waals surface area contributed by atoms with Crippen LogP contribution in [0.1, 0.15) is 16.1 Å². The molecule has 1 heterocycles. The van der Waals surface area contributed by atoms with Crippen molar-refractivity contribution in [3.05, 3.63) is 35.6 Å². The highest BCUT2D eigenvalue weighted by Gasteiger charge is 2.18. The number of benzene rings is 1. The lowest BCUT2D eigenvalue weighted by Gasteiger charge is -2.03. The van der Waals surface area contributed by atoms with E-state index in [4.69, 9.17) is 9.52 Å². The van der Waals surface area contributed by atoms with Crippen LogP contribution in [-0.4, -0.2) is 33.8 Å². The van der Waals surface area contributed by atoms with Crippen molar-refractivity contribution in [2.24, 2.45) is 0 Å². The van der Waals surface area contributed by atoms with Crippen LogP contribution in [0.4, 0.5) is 0 Å². The molecule has 0 amide bonds. The van der Waals surface area contributed by atoms with Crippen LogP contribution in [0.5, 0.6) is 0 Å². The zero-order valence-electron chi connectivity index (χ0n) is 10.5. The largest absolute Gasteiger partial charge is 0.475 e. The topological polar surface area (TPSA) is 79.5 Å². The Morgan fingerprint density at radius 2 is 2.16 bits per heavy atom. The maximum Gasteiger partial charge on any atom is 0.372 e. The Kier molecular flexibility index (Phi) is 4.34. The number of hydrogen-bond donors (Lipinski definition) is 2. The molecule has 19 heavy (non-hydrogen) atoms. The maximum absolute atomic E-state index is 11.2. The standard InChI is InChI=1S/C13H15NO4S/c1-19(17)7-6-14-8-10-9-4-2-3-5-11(9)18-12(10)13(15)16/h2-5,14H,6-8H2,1H3,(H,15,16). The van der Waals surface area contributed by atoms with Gasteiger partial charge in [-0.05, 0) is 6.07 Å². The van der Waals surface area contributed by atoms with E-state index in [2.05, 4.69) is 5.32 Å². The van der Waals surface area contributed by atoms with Crippen LogP contribution in [0.25, 0.3) is 11.0 Å². The average Bonchev–Trinajstić information content (AvgIpc) is 2.73. The molecule has 2 N–H and O–H groups in total. The molecule has 0 aliphatic rings. The van der Waals surface area contributed by atoms with Crippen LogP contribution in [0.3, 0.4) is 0 Å². The number of para-hydroxylation sites is 1. The van der Waals surface area contributed by atoms with E-state index in [1.807, 2.05) is 12.1 Å². The number of fused-ring (bicyclic) bond motifs is 1. The van der Waals surface area contributed by atoms with Crippen LogP contribution in [0.15, 0.2) is 28.7 Å². The summed E-state index contributed by atoms with van der Waals surface area (Å²) in [6, 6.07) is 7.22. The normalized spacial score (nSPS) is 12.7. The van der Waals surface area contributed by atoms with Crippen molar-refractivity contribution in [3.8, 4) is 0 Å². The first-order chi connectivity index (χ1) is 9.09. The van der Waals surface area contributed by atoms with E-state index in [9.17, 15) is 9.00 Å². The van der Waals surface area contributed by atoms with Crippen molar-refractivity contribution in [1.82, 2.24) is 5.32 Å². The number of carbonyl (C=O) groups is 1. The third kappa shape index (κ3) is 3.21. The molecule has 6 heteroatoms. The fourth-order valence-corrected chi connectivity index (χ4v) is 2.31. The molecule has 0 fully saturated rings. The Balaban J connectivity index is 2.22. The van der Waals surface area contributed by atoms with E-state index in [0.717, 1.165) is 5.39 Å². The van der Waals surface area contributed by atoms with Gasteiger partial charge in [-0.25, -0.2) is 4.79 Å². The molecular formula is C13H15NO4S. The van der Waals surface area contributed by atoms with E-state index in [1.165, 1.54) is 0 Å². The molecule has 1 unspecified atom stereocenters. The minimum absolute atomic E-state index is 0.0358. The zero-order chi connectivity index (χ0) is 13.8. The molecule has 2 aromatic rings. The van der Waals surface area contributed by atoms with Gasteiger partial charge in [-0.2, -0.15) is 0 Å². The predicted molar refractivity (Wildman–Crippen MR) is 73.8 cm³/mol. The van der Waals surface area contributed by atoms with Gasteiger partial charge in [0.05, 0.1) is 0 Å². The van der Waals surface area contributed by atoms with Gasteiger partial charge in [-0.3, -0.25) is 4.21 Å². The van der Waals surface area contributed by atoms with Crippen LogP contribution in [0.2, 0.25) is 0 Å². The summed E-state index contributed by atoms with van der Waals surface area (Å²) in [4.78, 5) is 11.2. The summed E-state index contributed by atoms with van der Waals surface area (Å²) >= 11 is 0. The van der Waals surface area contributed by atoms with E-state index < -0.39 is 16.8 Å². The second-order valence-electron chi connectivity index (χ2n) is 4.17. The highest BCUT2D eigenvalue weighted by Crippen LogP contribution is 2.25. The van der Waals surface area contributed by atoms with Gasteiger partial charge >= 0.3 is 5.97 Å². The minimum atomic E-state index is -1.08. The van der Waals surface area contributed by atoms with Gasteiger partial charge in [0.2, 0.25) is 5.76 Å². The zero-order valence-corrected chi connectivity index (χ0v) is 11.3. The van der Waals surface area contributed by atoms with Crippen LogP contribution >= 0.6 is 0 Å². The Labute approximate surface area is 113 Å². The monoisotopic (exact) mass is 281 g/mol. The smallest absolute Gasteiger partial charge is 0.372 e. The van der Waals surface area contributed by atoms with Gasteiger partial charge in [0.15, 0.2) is 0 Å². The fourth-order valence-electron chi connectivity index (χ4n) is 1.88. The second-order valence-corrected chi connectivity index (χ2v) is 5.72. The number of rotatable bonds is 6. The van der Waals surface area contributed by atoms with Crippen LogP contribution < -0.4 is 5.32 Å². The van der Waals surface area contributed by atoms with Crippen molar-refractivity contribution in [1.29, 1.82) is 0 Å². The van der Waals surface area contributed by atoms with Crippen molar-refractivity contribution in [2.75, 3.05) is 18.6 Å². The summed E-state index contributed by atoms with van der Waals surface area (Å²) in [5, 5.41) is 13.0. The van der Waals surface area contributed by atoms with Crippen LogP contribution in [0, 0.1) is 0 Å². The number of hydrogen-bond acceptors (Lipinski definition) is 4. The summed E-state index contributed by atoms with van der Waals surface area (Å²) < 4.78 is 16.3. The third-order valence-electron chi connectivity index (χ3n) is 2.76. The summed E-state index contributed by atoms with van der Waals surface area (Å²) in [6.07, 6.45) is 1.64. The molecule has 0 saturated heterocycles. The molecule has 1 atom stereocenters. The van der Waals surface area contributed by atoms with Crippen molar-refractivity contribution in [2.45, 2.75) is 6.54 Å². The third-order valence-corrected chi connectivity index (χ3v) is 3.54. The quantitative estimate of drug-likeness (QED) is 0.786. The van der Waals surface area contributed by atoms with E-state index in [1.54, 1.807) is 18.4 Å². The first-order valence-electron chi connectivity index (χ1n) is 5.84. The van der Waals surface area contributed by atoms with E-state index >= 15 is 0 Å². The Morgan fingerprint density at radius 1 is 1.42 bits per heavy atom. The lowest BCUT2D eigenvalue weighted by molar-refractivity contribution is 0.0663. The Morgan fingerprint density at radius 3 is 2.84 bits per heavy atom. The van der Waals surface area contributed by atoms with E-state index in [0.29, 0.717) is 30.0 Å². The van der Waals surface area contributed by atoms with Gasteiger partial charge in [0.25, 0.3) is 0 Å². The van der Waals surface area contributed by atoms with Gasteiger partial charge in [0.1, 0.15) is 5.58 Å². The van der Waals surface area contributed by atoms with Crippen LogP contribution in [-0.2, 0) is 17.3 Å². The second kappa shape index (κ2) is 5.99.